The van der Waals surface area contributed by atoms with Gasteiger partial charge in [0, 0.05) is 25.0 Å². The van der Waals surface area contributed by atoms with Crippen molar-refractivity contribution in [2.75, 3.05) is 18.0 Å². The molecule has 3 heterocycles. The van der Waals surface area contributed by atoms with Gasteiger partial charge in [0.05, 0.1) is 4.88 Å². The maximum absolute atomic E-state index is 12.7. The van der Waals surface area contributed by atoms with Crippen molar-refractivity contribution in [1.82, 2.24) is 15.5 Å². The fraction of sp³-hybridized carbons (Fsp3) is 0.571. The summed E-state index contributed by atoms with van der Waals surface area (Å²) in [6.45, 7) is 4.00. The number of nitrogens with zero attached hydrogens (tertiary/aromatic N) is 3. The molecular formula is C21H28N4OS. The van der Waals surface area contributed by atoms with Crippen LogP contribution in [0.15, 0.2) is 29.6 Å². The van der Waals surface area contributed by atoms with Crippen molar-refractivity contribution < 1.29 is 4.79 Å². The number of nitrogens with one attached hydrogen (secondary N) is 1. The smallest absolute Gasteiger partial charge is 0.223 e. The van der Waals surface area contributed by atoms with E-state index in [1.54, 1.807) is 11.3 Å². The molecule has 6 heteroatoms. The summed E-state index contributed by atoms with van der Waals surface area (Å²) in [7, 11) is 0. The summed E-state index contributed by atoms with van der Waals surface area (Å²) in [5.41, 5.74) is 0.921. The van der Waals surface area contributed by atoms with E-state index in [0.717, 1.165) is 48.7 Å². The fourth-order valence-electron chi connectivity index (χ4n) is 4.25. The molecule has 0 spiro atoms. The van der Waals surface area contributed by atoms with E-state index >= 15 is 0 Å². The fourth-order valence-corrected chi connectivity index (χ4v) is 4.94. The zero-order valence-electron chi connectivity index (χ0n) is 15.9. The maximum atomic E-state index is 12.7. The van der Waals surface area contributed by atoms with Gasteiger partial charge in [-0.2, -0.15) is 0 Å². The summed E-state index contributed by atoms with van der Waals surface area (Å²) in [5.74, 6) is 1.91. The Bertz CT molecular complexity index is 738. The summed E-state index contributed by atoms with van der Waals surface area (Å²) < 4.78 is 0. The number of amides is 1. The van der Waals surface area contributed by atoms with Gasteiger partial charge in [-0.15, -0.1) is 21.5 Å². The van der Waals surface area contributed by atoms with Crippen LogP contribution >= 0.6 is 11.3 Å². The van der Waals surface area contributed by atoms with Gasteiger partial charge in [0.15, 0.2) is 5.82 Å². The molecule has 1 amide bonds. The first kappa shape index (κ1) is 18.4. The molecule has 1 saturated heterocycles. The SMILES string of the molecule is CC1CCCCC1NC(=O)C1CCN(c2ccc(-c3cccs3)nn2)CC1. The Hall–Kier alpha value is -1.95. The van der Waals surface area contributed by atoms with Crippen LogP contribution in [0, 0.1) is 11.8 Å². The topological polar surface area (TPSA) is 58.1 Å². The Balaban J connectivity index is 1.30. The quantitative estimate of drug-likeness (QED) is 0.862. The molecule has 144 valence electrons. The van der Waals surface area contributed by atoms with E-state index in [1.165, 1.54) is 19.3 Å². The van der Waals surface area contributed by atoms with Crippen molar-refractivity contribution >= 4 is 23.1 Å². The third-order valence-electron chi connectivity index (χ3n) is 6.05. The molecule has 0 radical (unpaired) electrons. The molecule has 1 N–H and O–H groups in total. The van der Waals surface area contributed by atoms with Crippen LogP contribution < -0.4 is 10.2 Å². The standard InChI is InChI=1S/C21H28N4OS/c1-15-5-2-3-6-17(15)22-21(26)16-10-12-25(13-11-16)20-9-8-18(23-24-20)19-7-4-14-27-19/h4,7-9,14-17H,2-3,5-6,10-13H2,1H3,(H,22,26). The van der Waals surface area contributed by atoms with Gasteiger partial charge in [0.2, 0.25) is 5.91 Å². The molecule has 1 saturated carbocycles. The van der Waals surface area contributed by atoms with Crippen LogP contribution in [0.4, 0.5) is 5.82 Å². The number of thiophene rings is 1. The van der Waals surface area contributed by atoms with Crippen molar-refractivity contribution in [3.05, 3.63) is 29.6 Å². The van der Waals surface area contributed by atoms with Crippen molar-refractivity contribution in [1.29, 1.82) is 0 Å². The van der Waals surface area contributed by atoms with Crippen molar-refractivity contribution in [3.63, 3.8) is 0 Å². The van der Waals surface area contributed by atoms with Crippen LogP contribution in [0.1, 0.15) is 45.4 Å². The first-order valence-electron chi connectivity index (χ1n) is 10.1. The molecule has 2 aliphatic rings. The lowest BCUT2D eigenvalue weighted by atomic mass is 9.85. The van der Waals surface area contributed by atoms with E-state index in [0.29, 0.717) is 12.0 Å². The molecule has 5 nitrogen and oxygen atoms in total. The molecule has 2 unspecified atom stereocenters. The van der Waals surface area contributed by atoms with Crippen LogP contribution in [0.3, 0.4) is 0 Å². The maximum Gasteiger partial charge on any atom is 0.223 e. The van der Waals surface area contributed by atoms with E-state index in [-0.39, 0.29) is 11.8 Å². The molecule has 2 fully saturated rings. The number of hydrogen-bond acceptors (Lipinski definition) is 5. The highest BCUT2D eigenvalue weighted by Gasteiger charge is 2.29. The second-order valence-corrected chi connectivity index (χ2v) is 8.84. The predicted octanol–water partition coefficient (Wildman–Crippen LogP) is 4.12. The minimum absolute atomic E-state index is 0.133. The molecule has 0 bridgehead atoms. The van der Waals surface area contributed by atoms with Gasteiger partial charge in [-0.3, -0.25) is 4.79 Å². The minimum Gasteiger partial charge on any atom is -0.355 e. The molecule has 2 aromatic heterocycles. The van der Waals surface area contributed by atoms with Crippen LogP contribution in [-0.2, 0) is 4.79 Å². The Kier molecular flexibility index (Phi) is 5.72. The van der Waals surface area contributed by atoms with Gasteiger partial charge in [0.25, 0.3) is 0 Å². The molecule has 2 atom stereocenters. The lowest BCUT2D eigenvalue weighted by molar-refractivity contribution is -0.126. The van der Waals surface area contributed by atoms with E-state index < -0.39 is 0 Å². The number of anilines is 1. The summed E-state index contributed by atoms with van der Waals surface area (Å²) >= 11 is 1.67. The Morgan fingerprint density at radius 3 is 2.59 bits per heavy atom. The average Bonchev–Trinajstić information content (AvgIpc) is 3.25. The van der Waals surface area contributed by atoms with Gasteiger partial charge in [0.1, 0.15) is 5.69 Å². The van der Waals surface area contributed by atoms with Crippen LogP contribution in [0.25, 0.3) is 10.6 Å². The number of carbonyl (C=O) groups is 1. The van der Waals surface area contributed by atoms with E-state index in [2.05, 4.69) is 38.8 Å². The van der Waals surface area contributed by atoms with Gasteiger partial charge < -0.3 is 10.2 Å². The van der Waals surface area contributed by atoms with E-state index in [4.69, 9.17) is 0 Å². The normalized spacial score (nSPS) is 24.0. The van der Waals surface area contributed by atoms with Gasteiger partial charge >= 0.3 is 0 Å². The second-order valence-electron chi connectivity index (χ2n) is 7.89. The first-order valence-corrected chi connectivity index (χ1v) is 11.0. The highest BCUT2D eigenvalue weighted by molar-refractivity contribution is 7.13. The molecule has 0 aromatic carbocycles. The zero-order chi connectivity index (χ0) is 18.6. The van der Waals surface area contributed by atoms with Crippen molar-refractivity contribution in [3.8, 4) is 10.6 Å². The van der Waals surface area contributed by atoms with Crippen molar-refractivity contribution in [2.45, 2.75) is 51.5 Å². The lowest BCUT2D eigenvalue weighted by Gasteiger charge is -2.34. The van der Waals surface area contributed by atoms with Gasteiger partial charge in [-0.05, 0) is 55.2 Å². The Morgan fingerprint density at radius 1 is 1.11 bits per heavy atom. The Labute approximate surface area is 165 Å². The minimum atomic E-state index is 0.133. The second kappa shape index (κ2) is 8.38. The zero-order valence-corrected chi connectivity index (χ0v) is 16.8. The predicted molar refractivity (Wildman–Crippen MR) is 110 cm³/mol. The number of rotatable bonds is 4. The molecule has 1 aliphatic carbocycles. The molecular weight excluding hydrogens is 356 g/mol. The average molecular weight is 385 g/mol. The third kappa shape index (κ3) is 4.32. The first-order chi connectivity index (χ1) is 13.2. The van der Waals surface area contributed by atoms with Crippen LogP contribution in [-0.4, -0.2) is 35.2 Å². The summed E-state index contributed by atoms with van der Waals surface area (Å²) in [4.78, 5) is 16.1. The Morgan fingerprint density at radius 2 is 1.93 bits per heavy atom. The third-order valence-corrected chi connectivity index (χ3v) is 6.95. The van der Waals surface area contributed by atoms with Crippen molar-refractivity contribution in [2.24, 2.45) is 11.8 Å². The number of carbonyl (C=O) groups excluding carboxylic acids is 1. The van der Waals surface area contributed by atoms with Gasteiger partial charge in [-0.1, -0.05) is 25.8 Å². The van der Waals surface area contributed by atoms with E-state index in [1.807, 2.05) is 18.2 Å². The molecule has 4 rings (SSSR count). The van der Waals surface area contributed by atoms with Crippen LogP contribution in [0.5, 0.6) is 0 Å². The summed E-state index contributed by atoms with van der Waals surface area (Å²) in [6.07, 6.45) is 6.70. The molecule has 27 heavy (non-hydrogen) atoms. The van der Waals surface area contributed by atoms with Gasteiger partial charge in [-0.25, -0.2) is 0 Å². The number of aromatic nitrogens is 2. The number of hydrogen-bond donors (Lipinski definition) is 1. The van der Waals surface area contributed by atoms with E-state index in [9.17, 15) is 4.79 Å². The summed E-state index contributed by atoms with van der Waals surface area (Å²) in [5, 5.41) is 14.2. The largest absolute Gasteiger partial charge is 0.355 e. The molecule has 2 aromatic rings. The monoisotopic (exact) mass is 384 g/mol. The number of piperidine rings is 1. The van der Waals surface area contributed by atoms with Crippen LogP contribution in [0.2, 0.25) is 0 Å². The highest BCUT2D eigenvalue weighted by Crippen LogP contribution is 2.27. The highest BCUT2D eigenvalue weighted by atomic mass is 32.1. The lowest BCUT2D eigenvalue weighted by Crippen LogP contribution is -2.46. The molecule has 1 aliphatic heterocycles. The summed E-state index contributed by atoms with van der Waals surface area (Å²) in [6, 6.07) is 8.55.